The summed E-state index contributed by atoms with van der Waals surface area (Å²) in [4.78, 5) is 38.4. The van der Waals surface area contributed by atoms with Crippen molar-refractivity contribution in [3.63, 3.8) is 0 Å². The Hall–Kier alpha value is -3.67. The Bertz CT molecular complexity index is 1610. The molecule has 0 fully saturated rings. The quantitative estimate of drug-likeness (QED) is 0.0261. The van der Waals surface area contributed by atoms with Crippen LogP contribution in [0, 0.1) is 0 Å². The predicted molar refractivity (Wildman–Crippen MR) is 362 cm³/mol. The molecular weight excluding hydrogens is 1020 g/mol. The van der Waals surface area contributed by atoms with Crippen molar-refractivity contribution in [1.82, 2.24) is 0 Å². The van der Waals surface area contributed by atoms with Crippen LogP contribution in [0.2, 0.25) is 0 Å². The molecule has 0 saturated carbocycles. The van der Waals surface area contributed by atoms with Gasteiger partial charge in [-0.25, -0.2) is 0 Å². The first-order valence-corrected chi connectivity index (χ1v) is 35.7. The Labute approximate surface area is 515 Å². The highest BCUT2D eigenvalue weighted by Gasteiger charge is 2.19. The Morgan fingerprint density at radius 1 is 0.253 bits per heavy atom. The van der Waals surface area contributed by atoms with Crippen LogP contribution in [0.3, 0.4) is 0 Å². The predicted octanol–water partition coefficient (Wildman–Crippen LogP) is 24.8. The number of ether oxygens (including phenoxy) is 3. The van der Waals surface area contributed by atoms with E-state index in [0.717, 1.165) is 96.3 Å². The van der Waals surface area contributed by atoms with Crippen LogP contribution < -0.4 is 0 Å². The maximum Gasteiger partial charge on any atom is 0.306 e. The standard InChI is InChI=1S/C77H134O6/c1-4-7-10-13-16-19-22-25-28-31-33-35-37-38-39-41-42-44-46-49-52-55-58-61-64-67-70-76(79)82-73-74(72-81-75(78)69-66-63-60-57-54-51-48-30-27-24-21-18-15-12-9-6-3)83-77(80)71-68-65-62-59-56-53-50-47-45-43-40-36-34-32-29-26-23-20-17-14-11-8-5-2/h8,11,17,20,26,29-30,34,36,43,45,48,50,53,59,62,74H,4-7,9-10,12-16,18-19,21-25,27-28,31-33,35,37-42,44,46-47,49,51-52,54-58,60-61,63-73H2,1-3H3/b11-8-,20-17-,29-26-,36-34-,45-43-,48-30-,53-50-,62-59-. The van der Waals surface area contributed by atoms with Gasteiger partial charge in [-0.1, -0.05) is 336 Å². The molecule has 0 rings (SSSR count). The Kier molecular flexibility index (Phi) is 67.7. The fourth-order valence-electron chi connectivity index (χ4n) is 10.3. The summed E-state index contributed by atoms with van der Waals surface area (Å²) in [5, 5.41) is 0. The first-order valence-electron chi connectivity index (χ1n) is 35.7. The molecule has 0 saturated heterocycles. The molecule has 0 radical (unpaired) electrons. The van der Waals surface area contributed by atoms with Crippen molar-refractivity contribution in [1.29, 1.82) is 0 Å². The van der Waals surface area contributed by atoms with Gasteiger partial charge in [0.15, 0.2) is 6.10 Å². The van der Waals surface area contributed by atoms with Gasteiger partial charge in [-0.3, -0.25) is 14.4 Å². The second-order valence-corrected chi connectivity index (χ2v) is 23.8. The van der Waals surface area contributed by atoms with Crippen molar-refractivity contribution < 1.29 is 28.6 Å². The van der Waals surface area contributed by atoms with E-state index in [-0.39, 0.29) is 37.5 Å². The zero-order valence-electron chi connectivity index (χ0n) is 54.9. The van der Waals surface area contributed by atoms with E-state index in [1.807, 2.05) is 0 Å². The molecule has 0 spiro atoms. The summed E-state index contributed by atoms with van der Waals surface area (Å²) in [6.07, 6.45) is 95.9. The van der Waals surface area contributed by atoms with E-state index in [1.165, 1.54) is 212 Å². The van der Waals surface area contributed by atoms with Gasteiger partial charge >= 0.3 is 17.9 Å². The second kappa shape index (κ2) is 70.8. The molecule has 0 aromatic carbocycles. The molecule has 6 nitrogen and oxygen atoms in total. The molecule has 0 aliphatic carbocycles. The minimum atomic E-state index is -0.813. The fourth-order valence-corrected chi connectivity index (χ4v) is 10.3. The molecule has 0 heterocycles. The van der Waals surface area contributed by atoms with E-state index in [9.17, 15) is 14.4 Å². The third-order valence-corrected chi connectivity index (χ3v) is 15.6. The van der Waals surface area contributed by atoms with Gasteiger partial charge in [0, 0.05) is 19.3 Å². The highest BCUT2D eigenvalue weighted by molar-refractivity contribution is 5.71. The number of carbonyl (C=O) groups is 3. The highest BCUT2D eigenvalue weighted by atomic mass is 16.6. The molecule has 0 N–H and O–H groups in total. The van der Waals surface area contributed by atoms with Crippen molar-refractivity contribution >= 4 is 17.9 Å². The monoisotopic (exact) mass is 1160 g/mol. The number of esters is 3. The number of hydrogen-bond acceptors (Lipinski definition) is 6. The van der Waals surface area contributed by atoms with Crippen LogP contribution in [0.4, 0.5) is 0 Å². The summed E-state index contributed by atoms with van der Waals surface area (Å²) in [5.74, 6) is -0.953. The average Bonchev–Trinajstić information content (AvgIpc) is 3.50. The lowest BCUT2D eigenvalue weighted by Crippen LogP contribution is -2.30. The van der Waals surface area contributed by atoms with Gasteiger partial charge in [0.25, 0.3) is 0 Å². The van der Waals surface area contributed by atoms with Crippen molar-refractivity contribution in [3.05, 3.63) is 97.2 Å². The van der Waals surface area contributed by atoms with E-state index < -0.39 is 6.10 Å². The van der Waals surface area contributed by atoms with Crippen LogP contribution >= 0.6 is 0 Å². The molecule has 83 heavy (non-hydrogen) atoms. The number of unbranched alkanes of at least 4 members (excludes halogenated alkanes) is 38. The van der Waals surface area contributed by atoms with E-state index in [0.29, 0.717) is 19.3 Å². The molecule has 6 heteroatoms. The van der Waals surface area contributed by atoms with E-state index in [2.05, 4.69) is 118 Å². The maximum absolute atomic E-state index is 12.9. The van der Waals surface area contributed by atoms with E-state index >= 15 is 0 Å². The summed E-state index contributed by atoms with van der Waals surface area (Å²) < 4.78 is 16.9. The van der Waals surface area contributed by atoms with Crippen molar-refractivity contribution in [2.24, 2.45) is 0 Å². The maximum atomic E-state index is 12.9. The number of allylic oxidation sites excluding steroid dienone is 16. The lowest BCUT2D eigenvalue weighted by atomic mass is 10.0. The lowest BCUT2D eigenvalue weighted by Gasteiger charge is -2.18. The van der Waals surface area contributed by atoms with Gasteiger partial charge in [0.05, 0.1) is 0 Å². The summed E-state index contributed by atoms with van der Waals surface area (Å²) >= 11 is 0. The zero-order valence-corrected chi connectivity index (χ0v) is 54.9. The Balaban J connectivity index is 4.40. The Morgan fingerprint density at radius 3 is 0.783 bits per heavy atom. The lowest BCUT2D eigenvalue weighted by molar-refractivity contribution is -0.167. The molecule has 0 aliphatic heterocycles. The van der Waals surface area contributed by atoms with Gasteiger partial charge in [-0.2, -0.15) is 0 Å². The first kappa shape index (κ1) is 79.3. The van der Waals surface area contributed by atoms with Gasteiger partial charge in [0.1, 0.15) is 13.2 Å². The topological polar surface area (TPSA) is 78.9 Å². The Morgan fingerprint density at radius 2 is 0.482 bits per heavy atom. The third-order valence-electron chi connectivity index (χ3n) is 15.6. The van der Waals surface area contributed by atoms with Crippen molar-refractivity contribution in [2.75, 3.05) is 13.2 Å². The number of rotatable bonds is 65. The first-order chi connectivity index (χ1) is 41.0. The normalized spacial score (nSPS) is 12.7. The molecule has 1 unspecified atom stereocenters. The van der Waals surface area contributed by atoms with E-state index in [1.54, 1.807) is 0 Å². The van der Waals surface area contributed by atoms with Crippen LogP contribution in [-0.2, 0) is 28.6 Å². The van der Waals surface area contributed by atoms with Crippen LogP contribution in [0.25, 0.3) is 0 Å². The van der Waals surface area contributed by atoms with Crippen LogP contribution in [0.1, 0.15) is 355 Å². The van der Waals surface area contributed by atoms with Crippen molar-refractivity contribution in [2.45, 2.75) is 361 Å². The van der Waals surface area contributed by atoms with Crippen LogP contribution in [-0.4, -0.2) is 37.2 Å². The molecule has 0 aliphatic rings. The SMILES string of the molecule is CC/C=C\C/C=C\C/C=C\C/C=C\C/C=C\C/C=C\C/C=C\CCCC(=O)OC(COC(=O)CCCCCCC/C=C\CCCCCCCCC)COC(=O)CCCCCCCCCCCCCCCCCCCCCCCCCCCC. The average molecular weight is 1160 g/mol. The molecule has 478 valence electrons. The summed E-state index contributed by atoms with van der Waals surface area (Å²) in [5.41, 5.74) is 0. The molecule has 1 atom stereocenters. The minimum Gasteiger partial charge on any atom is -0.462 e. The number of hydrogen-bond donors (Lipinski definition) is 0. The van der Waals surface area contributed by atoms with Crippen LogP contribution in [0.15, 0.2) is 97.2 Å². The van der Waals surface area contributed by atoms with Gasteiger partial charge in [-0.05, 0) is 96.3 Å². The van der Waals surface area contributed by atoms with Gasteiger partial charge < -0.3 is 14.2 Å². The number of carbonyl (C=O) groups excluding carboxylic acids is 3. The molecule has 0 amide bonds. The molecule has 0 aromatic rings. The third kappa shape index (κ3) is 69.0. The largest absolute Gasteiger partial charge is 0.462 e. The molecule has 0 aromatic heterocycles. The summed E-state index contributed by atoms with van der Waals surface area (Å²) in [6, 6.07) is 0. The highest BCUT2D eigenvalue weighted by Crippen LogP contribution is 2.18. The summed E-state index contributed by atoms with van der Waals surface area (Å²) in [7, 11) is 0. The second-order valence-electron chi connectivity index (χ2n) is 23.8. The minimum absolute atomic E-state index is 0.101. The zero-order chi connectivity index (χ0) is 59.9. The smallest absolute Gasteiger partial charge is 0.306 e. The van der Waals surface area contributed by atoms with Crippen molar-refractivity contribution in [3.8, 4) is 0 Å². The van der Waals surface area contributed by atoms with Crippen LogP contribution in [0.5, 0.6) is 0 Å². The van der Waals surface area contributed by atoms with Gasteiger partial charge in [-0.15, -0.1) is 0 Å². The van der Waals surface area contributed by atoms with Gasteiger partial charge in [0.2, 0.25) is 0 Å². The van der Waals surface area contributed by atoms with E-state index in [4.69, 9.17) is 14.2 Å². The fraction of sp³-hybridized carbons (Fsp3) is 0.753. The molecule has 0 bridgehead atoms. The molecular formula is C77H134O6. The summed E-state index contributed by atoms with van der Waals surface area (Å²) in [6.45, 7) is 6.52.